The van der Waals surface area contributed by atoms with Gasteiger partial charge >= 0.3 is 0 Å². The van der Waals surface area contributed by atoms with Gasteiger partial charge in [-0.25, -0.2) is 15.0 Å². The Morgan fingerprint density at radius 2 is 0.750 bits per heavy atom. The first-order valence-corrected chi connectivity index (χ1v) is 18.0. The van der Waals surface area contributed by atoms with Crippen molar-refractivity contribution in [1.82, 2.24) is 15.0 Å². The molecular weight excluding hydrogens is 631 g/mol. The lowest BCUT2D eigenvalue weighted by Gasteiger charge is -2.46. The molecule has 1 spiro atoms. The molecule has 8 aromatic rings. The van der Waals surface area contributed by atoms with Crippen LogP contribution < -0.4 is 0 Å². The van der Waals surface area contributed by atoms with Crippen molar-refractivity contribution < 1.29 is 0 Å². The van der Waals surface area contributed by atoms with Gasteiger partial charge in [-0.1, -0.05) is 178 Å². The van der Waals surface area contributed by atoms with Gasteiger partial charge < -0.3 is 0 Å². The quantitative estimate of drug-likeness (QED) is 0.188. The van der Waals surface area contributed by atoms with E-state index in [2.05, 4.69) is 166 Å². The largest absolute Gasteiger partial charge is 0.208 e. The molecule has 0 aliphatic heterocycles. The van der Waals surface area contributed by atoms with E-state index in [0.717, 1.165) is 27.8 Å². The van der Waals surface area contributed by atoms with Crippen molar-refractivity contribution >= 4 is 0 Å². The van der Waals surface area contributed by atoms with Gasteiger partial charge in [0.25, 0.3) is 0 Å². The molecule has 1 heterocycles. The van der Waals surface area contributed by atoms with Crippen LogP contribution in [0.3, 0.4) is 0 Å². The first-order chi connectivity index (χ1) is 25.5. The first-order valence-electron chi connectivity index (χ1n) is 18.0. The zero-order valence-corrected chi connectivity index (χ0v) is 29.1. The molecule has 0 saturated carbocycles. The molecule has 0 bridgehead atoms. The first kappa shape index (κ1) is 30.4. The van der Waals surface area contributed by atoms with Gasteiger partial charge in [0.05, 0.1) is 5.41 Å². The summed E-state index contributed by atoms with van der Waals surface area (Å²) in [6.07, 6.45) is 0. The van der Waals surface area contributed by atoms with Crippen LogP contribution in [0.5, 0.6) is 0 Å². The van der Waals surface area contributed by atoms with Gasteiger partial charge in [0, 0.05) is 22.1 Å². The highest BCUT2D eigenvalue weighted by atomic mass is 15.0. The molecule has 246 valence electrons. The number of nitrogens with zero attached hydrogens (tertiary/aromatic N) is 3. The Morgan fingerprint density at radius 3 is 1.38 bits per heavy atom. The normalized spacial score (nSPS) is 14.3. The Hall–Kier alpha value is -6.45. The third-order valence-corrected chi connectivity index (χ3v) is 11.2. The van der Waals surface area contributed by atoms with E-state index < -0.39 is 5.41 Å². The number of hydrogen-bond acceptors (Lipinski definition) is 3. The van der Waals surface area contributed by atoms with Crippen LogP contribution in [0, 0.1) is 0 Å². The van der Waals surface area contributed by atoms with Crippen LogP contribution in [0.25, 0.3) is 56.4 Å². The summed E-state index contributed by atoms with van der Waals surface area (Å²) in [4.78, 5) is 15.4. The number of aromatic nitrogens is 3. The summed E-state index contributed by atoms with van der Waals surface area (Å²) in [6.45, 7) is 4.72. The summed E-state index contributed by atoms with van der Waals surface area (Å²) in [6, 6.07) is 63.0. The topological polar surface area (TPSA) is 38.7 Å². The Morgan fingerprint density at radius 1 is 0.308 bits per heavy atom. The van der Waals surface area contributed by atoms with E-state index in [4.69, 9.17) is 15.0 Å². The highest BCUT2D eigenvalue weighted by Crippen LogP contribution is 2.62. The van der Waals surface area contributed by atoms with E-state index in [1.807, 2.05) is 24.3 Å². The van der Waals surface area contributed by atoms with Crippen LogP contribution in [-0.4, -0.2) is 15.0 Å². The van der Waals surface area contributed by atoms with Crippen LogP contribution in [0.1, 0.15) is 47.2 Å². The molecular formula is C49H35N3. The molecule has 0 radical (unpaired) electrons. The monoisotopic (exact) mass is 665 g/mol. The summed E-state index contributed by atoms with van der Waals surface area (Å²) in [7, 11) is 0. The lowest BCUT2D eigenvalue weighted by molar-refractivity contribution is 0.563. The minimum absolute atomic E-state index is 0.276. The third kappa shape index (κ3) is 4.42. The average molecular weight is 666 g/mol. The molecule has 0 unspecified atom stereocenters. The van der Waals surface area contributed by atoms with Crippen LogP contribution in [0.2, 0.25) is 0 Å². The smallest absolute Gasteiger partial charge is 0.164 e. The predicted octanol–water partition coefficient (Wildman–Crippen LogP) is 11.5. The van der Waals surface area contributed by atoms with Gasteiger partial charge in [-0.3, -0.25) is 0 Å². The molecule has 7 aromatic carbocycles. The van der Waals surface area contributed by atoms with E-state index >= 15 is 0 Å². The van der Waals surface area contributed by atoms with Gasteiger partial charge in [-0.05, 0) is 67.8 Å². The van der Waals surface area contributed by atoms with Crippen LogP contribution >= 0.6 is 0 Å². The number of benzene rings is 7. The fourth-order valence-electron chi connectivity index (χ4n) is 8.81. The zero-order chi connectivity index (χ0) is 34.9. The van der Waals surface area contributed by atoms with E-state index in [-0.39, 0.29) is 5.41 Å². The highest BCUT2D eigenvalue weighted by Gasteiger charge is 2.53. The minimum Gasteiger partial charge on any atom is -0.208 e. The summed E-state index contributed by atoms with van der Waals surface area (Å²) < 4.78 is 0. The lowest BCUT2D eigenvalue weighted by atomic mass is 9.55. The van der Waals surface area contributed by atoms with E-state index in [1.54, 1.807) is 0 Å². The lowest BCUT2D eigenvalue weighted by Crippen LogP contribution is -2.40. The summed E-state index contributed by atoms with van der Waals surface area (Å²) in [5, 5.41) is 0. The Kier molecular flexibility index (Phi) is 6.74. The van der Waals surface area contributed by atoms with Gasteiger partial charge in [0.2, 0.25) is 0 Å². The maximum atomic E-state index is 5.21. The maximum absolute atomic E-state index is 5.21. The molecule has 2 aliphatic rings. The van der Waals surface area contributed by atoms with Crippen molar-refractivity contribution in [2.45, 2.75) is 24.7 Å². The standard InChI is InChI=1S/C49H35N3/c1-48(2)41-26-13-14-27-42(41)49(39-24-11-9-22-37(39)38-23-10-12-25-40(38)49)43-29-28-36(31-44(43)48)47-51-45(33-18-7-4-8-19-33)50-46(52-47)35-21-15-20-34(30-35)32-16-5-3-6-17-32/h3-31H,1-2H3. The molecule has 10 rings (SSSR count). The van der Waals surface area contributed by atoms with Crippen LogP contribution in [0.4, 0.5) is 0 Å². The summed E-state index contributed by atoms with van der Waals surface area (Å²) >= 11 is 0. The second-order valence-corrected chi connectivity index (χ2v) is 14.4. The fraction of sp³-hybridized carbons (Fsp3) is 0.0816. The van der Waals surface area contributed by atoms with Crippen molar-refractivity contribution in [2.75, 3.05) is 0 Å². The van der Waals surface area contributed by atoms with Crippen LogP contribution in [0.15, 0.2) is 176 Å². The van der Waals surface area contributed by atoms with Crippen molar-refractivity contribution in [3.05, 3.63) is 209 Å². The average Bonchev–Trinajstić information content (AvgIpc) is 3.51. The molecule has 0 fully saturated rings. The van der Waals surface area contributed by atoms with Crippen molar-refractivity contribution in [2.24, 2.45) is 0 Å². The van der Waals surface area contributed by atoms with Gasteiger partial charge in [-0.15, -0.1) is 0 Å². The number of hydrogen-bond donors (Lipinski definition) is 0. The predicted molar refractivity (Wildman–Crippen MR) is 211 cm³/mol. The van der Waals surface area contributed by atoms with E-state index in [1.165, 1.54) is 44.5 Å². The minimum atomic E-state index is -0.440. The molecule has 0 amide bonds. The third-order valence-electron chi connectivity index (χ3n) is 11.2. The maximum Gasteiger partial charge on any atom is 0.164 e. The molecule has 0 atom stereocenters. The molecule has 3 nitrogen and oxygen atoms in total. The summed E-state index contributed by atoms with van der Waals surface area (Å²) in [5.41, 5.74) is 15.0. The molecule has 3 heteroatoms. The fourth-order valence-corrected chi connectivity index (χ4v) is 8.81. The van der Waals surface area contributed by atoms with E-state index in [0.29, 0.717) is 17.5 Å². The second-order valence-electron chi connectivity index (χ2n) is 14.4. The summed E-state index contributed by atoms with van der Waals surface area (Å²) in [5.74, 6) is 1.97. The van der Waals surface area contributed by atoms with Crippen molar-refractivity contribution in [3.63, 3.8) is 0 Å². The zero-order valence-electron chi connectivity index (χ0n) is 29.1. The SMILES string of the molecule is CC1(C)c2ccccc2C2(c3ccccc3-c3ccccc32)c2ccc(-c3nc(-c4ccccc4)nc(-c4cccc(-c5ccccc5)c4)n3)cc21. The van der Waals surface area contributed by atoms with E-state index in [9.17, 15) is 0 Å². The molecule has 0 N–H and O–H groups in total. The molecule has 1 aromatic heterocycles. The van der Waals surface area contributed by atoms with Crippen LogP contribution in [-0.2, 0) is 10.8 Å². The Bertz CT molecular complexity index is 2610. The Balaban J connectivity index is 1.21. The highest BCUT2D eigenvalue weighted by molar-refractivity contribution is 5.88. The van der Waals surface area contributed by atoms with Crippen molar-refractivity contribution in [1.29, 1.82) is 0 Å². The molecule has 52 heavy (non-hydrogen) atoms. The van der Waals surface area contributed by atoms with Gasteiger partial charge in [-0.2, -0.15) is 0 Å². The van der Waals surface area contributed by atoms with Gasteiger partial charge in [0.15, 0.2) is 17.5 Å². The Labute approximate surface area is 304 Å². The number of rotatable bonds is 4. The second kappa shape index (κ2) is 11.5. The molecule has 0 saturated heterocycles. The number of fused-ring (bicyclic) bond motifs is 9. The van der Waals surface area contributed by atoms with Crippen molar-refractivity contribution in [3.8, 4) is 56.4 Å². The molecule has 2 aliphatic carbocycles. The van der Waals surface area contributed by atoms with Gasteiger partial charge in [0.1, 0.15) is 0 Å².